The van der Waals surface area contributed by atoms with Crippen molar-refractivity contribution in [2.45, 2.75) is 45.2 Å². The number of hydrogen-bond donors (Lipinski definition) is 4. The van der Waals surface area contributed by atoms with E-state index in [-0.39, 0.29) is 12.0 Å². The van der Waals surface area contributed by atoms with Gasteiger partial charge in [-0.3, -0.25) is 30.0 Å². The van der Waals surface area contributed by atoms with Crippen LogP contribution in [0.1, 0.15) is 43.5 Å². The molecule has 1 aliphatic carbocycles. The fourth-order valence-electron chi connectivity index (χ4n) is 2.29. The molecule has 0 spiro atoms. The third-order valence-electron chi connectivity index (χ3n) is 3.85. The number of nitrogens with one attached hydrogen (secondary N) is 4. The van der Waals surface area contributed by atoms with Crippen molar-refractivity contribution in [2.24, 2.45) is 5.92 Å². The van der Waals surface area contributed by atoms with Gasteiger partial charge in [-0.2, -0.15) is 0 Å². The molecular formula is C18H23ClN4O4. The first-order valence-electron chi connectivity index (χ1n) is 8.73. The van der Waals surface area contributed by atoms with Crippen molar-refractivity contribution in [3.8, 4) is 0 Å². The lowest BCUT2D eigenvalue weighted by atomic mass is 10.0. The van der Waals surface area contributed by atoms with Crippen LogP contribution < -0.4 is 21.5 Å². The van der Waals surface area contributed by atoms with Gasteiger partial charge in [0.1, 0.15) is 6.04 Å². The summed E-state index contributed by atoms with van der Waals surface area (Å²) in [4.78, 5) is 48.0. The van der Waals surface area contributed by atoms with E-state index in [9.17, 15) is 19.2 Å². The van der Waals surface area contributed by atoms with E-state index >= 15 is 0 Å². The van der Waals surface area contributed by atoms with Gasteiger partial charge in [0.15, 0.2) is 0 Å². The van der Waals surface area contributed by atoms with Gasteiger partial charge in [-0.15, -0.1) is 0 Å². The number of halogens is 1. The van der Waals surface area contributed by atoms with Gasteiger partial charge < -0.3 is 10.6 Å². The van der Waals surface area contributed by atoms with Gasteiger partial charge in [-0.1, -0.05) is 25.4 Å². The molecule has 0 aliphatic heterocycles. The van der Waals surface area contributed by atoms with E-state index in [1.807, 2.05) is 13.8 Å². The summed E-state index contributed by atoms with van der Waals surface area (Å²) in [5.74, 6) is -2.70. The lowest BCUT2D eigenvalue weighted by Gasteiger charge is -2.20. The Bertz CT molecular complexity index is 717. The largest absolute Gasteiger partial charge is 0.345 e. The van der Waals surface area contributed by atoms with Crippen molar-refractivity contribution < 1.29 is 19.2 Å². The van der Waals surface area contributed by atoms with Crippen LogP contribution in [0.15, 0.2) is 24.3 Å². The lowest BCUT2D eigenvalue weighted by Crippen LogP contribution is -2.55. The molecule has 1 aromatic carbocycles. The SMILES string of the molecule is CC(C)C[C@H](NC(=O)c1ccc(Cl)cc1)C(=O)NNC(=O)C(=O)NC1CC1. The molecule has 0 saturated heterocycles. The van der Waals surface area contributed by atoms with Crippen LogP contribution in [0.2, 0.25) is 5.02 Å². The molecule has 9 heteroatoms. The zero-order chi connectivity index (χ0) is 20.0. The molecule has 0 heterocycles. The molecule has 4 N–H and O–H groups in total. The van der Waals surface area contributed by atoms with Crippen LogP contribution in [0.5, 0.6) is 0 Å². The molecule has 0 aromatic heterocycles. The highest BCUT2D eigenvalue weighted by Gasteiger charge is 2.27. The number of carbonyl (C=O) groups is 4. The van der Waals surface area contributed by atoms with Crippen molar-refractivity contribution in [1.29, 1.82) is 0 Å². The number of benzene rings is 1. The molecule has 1 saturated carbocycles. The molecule has 1 atom stereocenters. The molecule has 146 valence electrons. The quantitative estimate of drug-likeness (QED) is 0.424. The van der Waals surface area contributed by atoms with E-state index in [1.54, 1.807) is 24.3 Å². The molecule has 27 heavy (non-hydrogen) atoms. The van der Waals surface area contributed by atoms with Gasteiger partial charge in [0.25, 0.3) is 11.8 Å². The highest BCUT2D eigenvalue weighted by molar-refractivity contribution is 6.35. The maximum absolute atomic E-state index is 12.4. The third-order valence-corrected chi connectivity index (χ3v) is 4.11. The Morgan fingerprint density at radius 3 is 2.22 bits per heavy atom. The zero-order valence-corrected chi connectivity index (χ0v) is 15.9. The summed E-state index contributed by atoms with van der Waals surface area (Å²) in [6, 6.07) is 5.41. The van der Waals surface area contributed by atoms with Gasteiger partial charge in [-0.25, -0.2) is 0 Å². The number of hydrazine groups is 1. The van der Waals surface area contributed by atoms with Crippen molar-refractivity contribution in [3.63, 3.8) is 0 Å². The van der Waals surface area contributed by atoms with Crippen LogP contribution in [-0.2, 0) is 14.4 Å². The topological polar surface area (TPSA) is 116 Å². The van der Waals surface area contributed by atoms with Gasteiger partial charge in [-0.05, 0) is 49.4 Å². The molecule has 1 aliphatic rings. The second-order valence-corrected chi connectivity index (χ2v) is 7.29. The molecule has 8 nitrogen and oxygen atoms in total. The van der Waals surface area contributed by atoms with Crippen molar-refractivity contribution >= 4 is 35.2 Å². The lowest BCUT2D eigenvalue weighted by molar-refractivity contribution is -0.141. The van der Waals surface area contributed by atoms with Crippen LogP contribution in [0.4, 0.5) is 0 Å². The van der Waals surface area contributed by atoms with Crippen LogP contribution in [-0.4, -0.2) is 35.7 Å². The Morgan fingerprint density at radius 1 is 1.04 bits per heavy atom. The maximum Gasteiger partial charge on any atom is 0.327 e. The van der Waals surface area contributed by atoms with E-state index in [1.165, 1.54) is 0 Å². The number of hydrogen-bond acceptors (Lipinski definition) is 4. The van der Waals surface area contributed by atoms with Gasteiger partial charge in [0.05, 0.1) is 0 Å². The second kappa shape index (κ2) is 9.36. The van der Waals surface area contributed by atoms with Crippen LogP contribution >= 0.6 is 11.6 Å². The average molecular weight is 395 g/mol. The Hall–Kier alpha value is -2.61. The van der Waals surface area contributed by atoms with Crippen LogP contribution in [0.3, 0.4) is 0 Å². The summed E-state index contributed by atoms with van der Waals surface area (Å²) in [5, 5.41) is 5.64. The van der Waals surface area contributed by atoms with Gasteiger partial charge in [0.2, 0.25) is 0 Å². The molecule has 4 amide bonds. The summed E-state index contributed by atoms with van der Waals surface area (Å²) in [5.41, 5.74) is 4.62. The summed E-state index contributed by atoms with van der Waals surface area (Å²) >= 11 is 5.80. The second-order valence-electron chi connectivity index (χ2n) is 6.85. The molecule has 2 rings (SSSR count). The van der Waals surface area contributed by atoms with Crippen LogP contribution in [0.25, 0.3) is 0 Å². The Balaban J connectivity index is 1.91. The smallest absolute Gasteiger partial charge is 0.327 e. The Labute approximate surface area is 162 Å². The van der Waals surface area contributed by atoms with E-state index in [0.29, 0.717) is 17.0 Å². The van der Waals surface area contributed by atoms with E-state index in [4.69, 9.17) is 11.6 Å². The van der Waals surface area contributed by atoms with Crippen molar-refractivity contribution in [3.05, 3.63) is 34.9 Å². The highest BCUT2D eigenvalue weighted by atomic mass is 35.5. The van der Waals surface area contributed by atoms with Gasteiger partial charge >= 0.3 is 11.8 Å². The zero-order valence-electron chi connectivity index (χ0n) is 15.2. The minimum absolute atomic E-state index is 0.0336. The normalized spacial score (nSPS) is 14.2. The van der Waals surface area contributed by atoms with Crippen molar-refractivity contribution in [1.82, 2.24) is 21.5 Å². The van der Waals surface area contributed by atoms with Gasteiger partial charge in [0, 0.05) is 16.6 Å². The minimum atomic E-state index is -0.956. The Morgan fingerprint density at radius 2 is 1.67 bits per heavy atom. The monoisotopic (exact) mass is 394 g/mol. The molecule has 0 bridgehead atoms. The first kappa shape index (κ1) is 20.7. The first-order valence-corrected chi connectivity index (χ1v) is 9.11. The van der Waals surface area contributed by atoms with E-state index < -0.39 is 29.7 Å². The summed E-state index contributed by atoms with van der Waals surface area (Å²) < 4.78 is 0. The van der Waals surface area contributed by atoms with Crippen molar-refractivity contribution in [2.75, 3.05) is 0 Å². The Kier molecular flexibility index (Phi) is 7.18. The molecule has 1 aromatic rings. The fourth-order valence-corrected chi connectivity index (χ4v) is 2.41. The average Bonchev–Trinajstić information content (AvgIpc) is 3.42. The van der Waals surface area contributed by atoms with Crippen LogP contribution in [0, 0.1) is 5.92 Å². The third kappa shape index (κ3) is 6.90. The predicted molar refractivity (Wildman–Crippen MR) is 99.6 cm³/mol. The number of carbonyl (C=O) groups excluding carboxylic acids is 4. The standard InChI is InChI=1S/C18H23ClN4O4/c1-10(2)9-14(21-15(24)11-3-5-12(19)6-4-11)16(25)22-23-18(27)17(26)20-13-7-8-13/h3-6,10,13-14H,7-9H2,1-2H3,(H,20,26)(H,21,24)(H,22,25)(H,23,27)/t14-/m0/s1. The first-order chi connectivity index (χ1) is 12.8. The van der Waals surface area contributed by atoms with E-state index in [0.717, 1.165) is 12.8 Å². The highest BCUT2D eigenvalue weighted by Crippen LogP contribution is 2.18. The molecule has 0 radical (unpaired) electrons. The maximum atomic E-state index is 12.4. The van der Waals surface area contributed by atoms with E-state index in [2.05, 4.69) is 21.5 Å². The molecule has 0 unspecified atom stereocenters. The number of amides is 4. The summed E-state index contributed by atoms with van der Waals surface area (Å²) in [7, 11) is 0. The summed E-state index contributed by atoms with van der Waals surface area (Å²) in [6.45, 7) is 3.80. The minimum Gasteiger partial charge on any atom is -0.345 e. The molecular weight excluding hydrogens is 372 g/mol. The number of rotatable bonds is 6. The fraction of sp³-hybridized carbons (Fsp3) is 0.444. The summed E-state index contributed by atoms with van der Waals surface area (Å²) in [6.07, 6.45) is 2.05. The molecule has 1 fully saturated rings. The predicted octanol–water partition coefficient (Wildman–Crippen LogP) is 0.910.